The van der Waals surface area contributed by atoms with E-state index in [1.807, 2.05) is 0 Å². The zero-order valence-electron chi connectivity index (χ0n) is 11.2. The Morgan fingerprint density at radius 3 is 2.88 bits per heavy atom. The summed E-state index contributed by atoms with van der Waals surface area (Å²) in [5, 5.41) is 0. The van der Waals surface area contributed by atoms with E-state index in [0.717, 1.165) is 22.5 Å². The Kier molecular flexibility index (Phi) is 8.18. The average molecular weight is 293 g/mol. The first kappa shape index (κ1) is 14.8. The van der Waals surface area contributed by atoms with Crippen molar-refractivity contribution >= 4 is 37.8 Å². The quantitative estimate of drug-likeness (QED) is 0.339. The van der Waals surface area contributed by atoms with Gasteiger partial charge in [0.05, 0.1) is 12.2 Å². The van der Waals surface area contributed by atoms with Gasteiger partial charge in [0.2, 0.25) is 0 Å². The van der Waals surface area contributed by atoms with Crippen LogP contribution in [0.15, 0.2) is 0 Å². The predicted molar refractivity (Wildman–Crippen MR) is 84.0 cm³/mol. The molecule has 0 radical (unpaired) electrons. The Hall–Kier alpha value is 0.788. The predicted octanol–water partition coefficient (Wildman–Crippen LogP) is -1.80. The van der Waals surface area contributed by atoms with Crippen LogP contribution in [0.25, 0.3) is 0 Å². The molecule has 0 N–H and O–H groups in total. The van der Waals surface area contributed by atoms with Crippen LogP contribution in [-0.4, -0.2) is 57.2 Å². The molecule has 3 unspecified atom stereocenters. The van der Waals surface area contributed by atoms with Crippen LogP contribution >= 0.6 is 0 Å². The summed E-state index contributed by atoms with van der Waals surface area (Å²) in [6.45, 7) is 0. The van der Waals surface area contributed by atoms with Crippen LogP contribution in [0.1, 0.15) is 32.1 Å². The maximum Gasteiger partial charge on any atom is 0.145 e. The second-order valence-electron chi connectivity index (χ2n) is 5.09. The highest BCUT2D eigenvalue weighted by Gasteiger charge is 2.46. The fourth-order valence-corrected chi connectivity index (χ4v) is 10.9. The Balaban J connectivity index is 0.000000386. The first-order chi connectivity index (χ1) is 7.83. The van der Waals surface area contributed by atoms with Crippen molar-refractivity contribution in [3.05, 3.63) is 0 Å². The van der Waals surface area contributed by atoms with E-state index in [1.54, 1.807) is 29.3 Å². The van der Waals surface area contributed by atoms with E-state index in [4.69, 9.17) is 4.74 Å². The molecule has 1 aliphatic carbocycles. The minimum atomic E-state index is 0.532. The van der Waals surface area contributed by atoms with Gasteiger partial charge in [0, 0.05) is 16.1 Å². The van der Waals surface area contributed by atoms with E-state index in [9.17, 15) is 0 Å². The molecule has 1 saturated carbocycles. The molecule has 1 saturated heterocycles. The number of epoxide rings is 1. The van der Waals surface area contributed by atoms with Gasteiger partial charge in [0.25, 0.3) is 0 Å². The maximum atomic E-state index is 5.67. The SMILES string of the molecule is CO[SiH3].[SiH3][SiH2][SiH2]CCCC1CCCC2OC12. The normalized spacial score (nSPS) is 33.2. The van der Waals surface area contributed by atoms with Crippen LogP contribution in [0.5, 0.6) is 0 Å². The molecule has 0 spiro atoms. The Morgan fingerprint density at radius 1 is 1.44 bits per heavy atom. The lowest BCUT2D eigenvalue weighted by Gasteiger charge is -2.17. The molecule has 3 atom stereocenters. The van der Waals surface area contributed by atoms with Crippen LogP contribution in [-0.2, 0) is 9.16 Å². The van der Waals surface area contributed by atoms with Gasteiger partial charge >= 0.3 is 0 Å². The second kappa shape index (κ2) is 8.82. The highest BCUT2D eigenvalue weighted by molar-refractivity contribution is 7.23. The molecule has 2 rings (SSSR count). The Bertz CT molecular complexity index is 182. The third kappa shape index (κ3) is 5.41. The third-order valence-corrected chi connectivity index (χ3v) is 15.3. The van der Waals surface area contributed by atoms with Crippen LogP contribution < -0.4 is 0 Å². The van der Waals surface area contributed by atoms with Gasteiger partial charge in [-0.2, -0.15) is 0 Å². The number of hydrogen-bond acceptors (Lipinski definition) is 2. The Labute approximate surface area is 110 Å². The van der Waals surface area contributed by atoms with E-state index < -0.39 is 0 Å². The molecule has 2 nitrogen and oxygen atoms in total. The third-order valence-electron chi connectivity index (χ3n) is 3.58. The highest BCUT2D eigenvalue weighted by Crippen LogP contribution is 2.42. The molecule has 2 fully saturated rings. The van der Waals surface area contributed by atoms with Crippen molar-refractivity contribution in [2.24, 2.45) is 5.92 Å². The monoisotopic (exact) mass is 292 g/mol. The topological polar surface area (TPSA) is 21.8 Å². The van der Waals surface area contributed by atoms with Gasteiger partial charge in [-0.1, -0.05) is 18.9 Å². The lowest BCUT2D eigenvalue weighted by Crippen LogP contribution is -2.16. The zero-order valence-corrected chi connectivity index (χ0v) is 18.0. The number of ether oxygens (including phenoxy) is 1. The maximum absolute atomic E-state index is 5.67. The van der Waals surface area contributed by atoms with E-state index in [-0.39, 0.29) is 0 Å². The Morgan fingerprint density at radius 2 is 2.19 bits per heavy atom. The van der Waals surface area contributed by atoms with Gasteiger partial charge in [-0.15, -0.1) is 0 Å². The van der Waals surface area contributed by atoms with Crippen molar-refractivity contribution in [3.8, 4) is 0 Å². The van der Waals surface area contributed by atoms with Crippen molar-refractivity contribution in [2.75, 3.05) is 7.11 Å². The first-order valence-electron chi connectivity index (χ1n) is 6.89. The van der Waals surface area contributed by atoms with Gasteiger partial charge < -0.3 is 9.16 Å². The molecule has 0 amide bonds. The zero-order chi connectivity index (χ0) is 11.8. The molecule has 6 heteroatoms. The van der Waals surface area contributed by atoms with E-state index in [1.165, 1.54) is 25.7 Å². The van der Waals surface area contributed by atoms with E-state index in [2.05, 4.69) is 4.43 Å². The molecule has 0 aromatic heterocycles. The van der Waals surface area contributed by atoms with Crippen molar-refractivity contribution < 1.29 is 9.16 Å². The largest absolute Gasteiger partial charge is 0.431 e. The molecule has 1 aliphatic heterocycles. The minimum Gasteiger partial charge on any atom is -0.431 e. The van der Waals surface area contributed by atoms with Gasteiger partial charge in [-0.05, 0) is 43.5 Å². The molecule has 16 heavy (non-hydrogen) atoms. The van der Waals surface area contributed by atoms with Crippen molar-refractivity contribution in [2.45, 2.75) is 50.4 Å². The summed E-state index contributed by atoms with van der Waals surface area (Å²) in [7, 11) is 5.29. The van der Waals surface area contributed by atoms with Gasteiger partial charge in [-0.3, -0.25) is 0 Å². The highest BCUT2D eigenvalue weighted by atomic mass is 29.5. The van der Waals surface area contributed by atoms with Gasteiger partial charge in [0.15, 0.2) is 0 Å². The molecule has 0 bridgehead atoms. The average Bonchev–Trinajstić information content (AvgIpc) is 3.05. The van der Waals surface area contributed by atoms with Crippen LogP contribution in [0, 0.1) is 5.92 Å². The summed E-state index contributed by atoms with van der Waals surface area (Å²) in [6.07, 6.45) is 8.78. The van der Waals surface area contributed by atoms with E-state index >= 15 is 0 Å². The van der Waals surface area contributed by atoms with Crippen LogP contribution in [0.4, 0.5) is 0 Å². The number of fused-ring (bicyclic) bond motifs is 1. The number of hydrogen-bond donors (Lipinski definition) is 0. The summed E-state index contributed by atoms with van der Waals surface area (Å²) < 4.78 is 10.1. The van der Waals surface area contributed by atoms with Gasteiger partial charge in [-0.25, -0.2) is 0 Å². The standard InChI is InChI=1S/C9H22OSi3.CH6OSi/c11-13-12-6-2-4-7-3-1-5-8-9(7)10-8;1-2-3/h7-9H,1-6,12-13H2,11H3;1,3H3. The second-order valence-corrected chi connectivity index (χ2v) is 22.4. The van der Waals surface area contributed by atoms with Crippen molar-refractivity contribution in [1.82, 2.24) is 0 Å². The smallest absolute Gasteiger partial charge is 0.145 e. The molecule has 0 aromatic rings. The molecular weight excluding hydrogens is 264 g/mol. The molecular formula is C10H28O2Si4. The fourth-order valence-electron chi connectivity index (χ4n) is 2.69. The summed E-state index contributed by atoms with van der Waals surface area (Å²) in [6, 6.07) is 1.67. The first-order valence-corrected chi connectivity index (χ1v) is 18.4. The summed E-state index contributed by atoms with van der Waals surface area (Å²) >= 11 is 0. The molecule has 0 aromatic carbocycles. The van der Waals surface area contributed by atoms with Crippen LogP contribution in [0.3, 0.4) is 0 Å². The number of rotatable bonds is 5. The van der Waals surface area contributed by atoms with Gasteiger partial charge in [0.1, 0.15) is 10.5 Å². The lowest BCUT2D eigenvalue weighted by atomic mass is 9.86. The van der Waals surface area contributed by atoms with E-state index in [0.29, 0.717) is 23.7 Å². The lowest BCUT2D eigenvalue weighted by molar-refractivity contribution is 0.307. The summed E-state index contributed by atoms with van der Waals surface area (Å²) in [5.74, 6) is 0.975. The summed E-state index contributed by atoms with van der Waals surface area (Å²) in [4.78, 5) is 0. The fraction of sp³-hybridized carbons (Fsp3) is 1.00. The van der Waals surface area contributed by atoms with Crippen molar-refractivity contribution in [1.29, 1.82) is 0 Å². The van der Waals surface area contributed by atoms with Crippen LogP contribution in [0.2, 0.25) is 6.04 Å². The van der Waals surface area contributed by atoms with Crippen molar-refractivity contribution in [3.63, 3.8) is 0 Å². The summed E-state index contributed by atoms with van der Waals surface area (Å²) in [5.41, 5.74) is 0. The molecule has 1 heterocycles. The minimum absolute atomic E-state index is 0.532. The molecule has 2 aliphatic rings. The molecule has 96 valence electrons.